The number of halogens is 1. The minimum atomic E-state index is 0. The molecule has 25 heavy (non-hydrogen) atoms. The van der Waals surface area contributed by atoms with Crippen molar-refractivity contribution in [1.29, 1.82) is 0 Å². The first-order valence-corrected chi connectivity index (χ1v) is 10.1. The molecule has 0 spiro atoms. The van der Waals surface area contributed by atoms with Gasteiger partial charge >= 0.3 is 0 Å². The van der Waals surface area contributed by atoms with Gasteiger partial charge in [0.15, 0.2) is 5.96 Å². The molecule has 0 amide bonds. The maximum Gasteiger partial charge on any atom is 0.191 e. The van der Waals surface area contributed by atoms with Gasteiger partial charge in [-0.1, -0.05) is 13.8 Å². The van der Waals surface area contributed by atoms with Crippen molar-refractivity contribution in [2.75, 3.05) is 33.2 Å². The summed E-state index contributed by atoms with van der Waals surface area (Å²) in [6.45, 7) is 11.5. The zero-order valence-corrected chi connectivity index (χ0v) is 19.2. The van der Waals surface area contributed by atoms with Gasteiger partial charge < -0.3 is 15.5 Å². The van der Waals surface area contributed by atoms with Gasteiger partial charge in [0.05, 0.1) is 12.2 Å². The summed E-state index contributed by atoms with van der Waals surface area (Å²) in [5.41, 5.74) is 1.17. The highest BCUT2D eigenvalue weighted by molar-refractivity contribution is 14.0. The Labute approximate surface area is 174 Å². The molecule has 7 heteroatoms. The van der Waals surface area contributed by atoms with E-state index in [1.165, 1.54) is 38.0 Å². The Morgan fingerprint density at radius 3 is 2.68 bits per heavy atom. The lowest BCUT2D eigenvalue weighted by atomic mass is 9.94. The average Bonchev–Trinajstić information content (AvgIpc) is 3.04. The Bertz CT molecular complexity index is 509. The molecule has 0 radical (unpaired) electrons. The van der Waals surface area contributed by atoms with Crippen LogP contribution in [0.4, 0.5) is 0 Å². The lowest BCUT2D eigenvalue weighted by molar-refractivity contribution is 0.213. The van der Waals surface area contributed by atoms with Crippen LogP contribution in [0.2, 0.25) is 0 Å². The second-order valence-electron chi connectivity index (χ2n) is 6.98. The molecule has 5 nitrogen and oxygen atoms in total. The number of nitrogens with one attached hydrogen (secondary N) is 2. The quantitative estimate of drug-likeness (QED) is 0.356. The van der Waals surface area contributed by atoms with E-state index in [-0.39, 0.29) is 24.0 Å². The maximum atomic E-state index is 4.69. The van der Waals surface area contributed by atoms with Crippen molar-refractivity contribution >= 4 is 41.3 Å². The van der Waals surface area contributed by atoms with Crippen LogP contribution < -0.4 is 10.6 Å². The number of likely N-dealkylation sites (tertiary alicyclic amines) is 1. The Kier molecular flexibility index (Phi) is 10.9. The topological polar surface area (TPSA) is 52.6 Å². The summed E-state index contributed by atoms with van der Waals surface area (Å²) >= 11 is 1.71. The van der Waals surface area contributed by atoms with E-state index in [2.05, 4.69) is 58.7 Å². The molecule has 0 aliphatic carbocycles. The number of thiazole rings is 1. The minimum absolute atomic E-state index is 0. The monoisotopic (exact) mass is 479 g/mol. The van der Waals surface area contributed by atoms with Crippen LogP contribution in [0.15, 0.2) is 10.4 Å². The molecular weight excluding hydrogens is 445 g/mol. The Morgan fingerprint density at radius 1 is 1.36 bits per heavy atom. The van der Waals surface area contributed by atoms with Gasteiger partial charge in [0.25, 0.3) is 0 Å². The van der Waals surface area contributed by atoms with Crippen LogP contribution in [0.3, 0.4) is 0 Å². The van der Waals surface area contributed by atoms with Gasteiger partial charge in [0.2, 0.25) is 0 Å². The van der Waals surface area contributed by atoms with Crippen molar-refractivity contribution in [1.82, 2.24) is 20.5 Å². The molecule has 1 aromatic rings. The molecule has 1 fully saturated rings. The van der Waals surface area contributed by atoms with Crippen molar-refractivity contribution in [3.63, 3.8) is 0 Å². The third kappa shape index (κ3) is 8.21. The highest BCUT2D eigenvalue weighted by Crippen LogP contribution is 2.19. The van der Waals surface area contributed by atoms with E-state index in [4.69, 9.17) is 0 Å². The molecule has 0 unspecified atom stereocenters. The number of nitrogens with zero attached hydrogens (tertiary/aromatic N) is 3. The number of hydrogen-bond donors (Lipinski definition) is 2. The van der Waals surface area contributed by atoms with Gasteiger partial charge in [-0.05, 0) is 58.2 Å². The van der Waals surface area contributed by atoms with Gasteiger partial charge in [0, 0.05) is 18.5 Å². The summed E-state index contributed by atoms with van der Waals surface area (Å²) < 4.78 is 0. The summed E-state index contributed by atoms with van der Waals surface area (Å²) in [7, 11) is 2.22. The molecular formula is C18H34IN5S. The minimum Gasteiger partial charge on any atom is -0.357 e. The number of guanidine groups is 1. The lowest BCUT2D eigenvalue weighted by Gasteiger charge is -2.29. The number of rotatable bonds is 7. The SMILES string of the molecule is CCNC(=NCc1nc(C(C)C)cs1)NCCC1CCN(C)CC1.I. The molecule has 0 atom stereocenters. The van der Waals surface area contributed by atoms with Crippen molar-refractivity contribution in [3.8, 4) is 0 Å². The Hall–Kier alpha value is -0.410. The van der Waals surface area contributed by atoms with E-state index in [0.717, 1.165) is 30.0 Å². The van der Waals surface area contributed by atoms with Crippen LogP contribution in [0.25, 0.3) is 0 Å². The summed E-state index contributed by atoms with van der Waals surface area (Å²) in [6.07, 6.45) is 3.87. The van der Waals surface area contributed by atoms with Crippen molar-refractivity contribution in [2.24, 2.45) is 10.9 Å². The van der Waals surface area contributed by atoms with Crippen LogP contribution in [0, 0.1) is 5.92 Å². The van der Waals surface area contributed by atoms with Crippen LogP contribution in [0.1, 0.15) is 56.7 Å². The fourth-order valence-corrected chi connectivity index (χ4v) is 3.78. The summed E-state index contributed by atoms with van der Waals surface area (Å²) in [4.78, 5) is 11.8. The second-order valence-corrected chi connectivity index (χ2v) is 7.92. The molecule has 2 N–H and O–H groups in total. The normalized spacial score (nSPS) is 16.8. The summed E-state index contributed by atoms with van der Waals surface area (Å²) in [6, 6.07) is 0. The molecule has 2 heterocycles. The van der Waals surface area contributed by atoms with E-state index in [1.54, 1.807) is 11.3 Å². The largest absolute Gasteiger partial charge is 0.357 e. The van der Waals surface area contributed by atoms with Crippen molar-refractivity contribution in [3.05, 3.63) is 16.1 Å². The van der Waals surface area contributed by atoms with Crippen LogP contribution in [-0.4, -0.2) is 49.1 Å². The van der Waals surface area contributed by atoms with Crippen LogP contribution in [0.5, 0.6) is 0 Å². The third-order valence-corrected chi connectivity index (χ3v) is 5.41. The molecule has 0 saturated carbocycles. The molecule has 1 aromatic heterocycles. The predicted octanol–water partition coefficient (Wildman–Crippen LogP) is 3.67. The highest BCUT2D eigenvalue weighted by atomic mass is 127. The number of hydrogen-bond acceptors (Lipinski definition) is 4. The van der Waals surface area contributed by atoms with Crippen LogP contribution in [-0.2, 0) is 6.54 Å². The number of aromatic nitrogens is 1. The zero-order valence-electron chi connectivity index (χ0n) is 16.0. The van der Waals surface area contributed by atoms with E-state index in [1.807, 2.05) is 0 Å². The number of piperidine rings is 1. The van der Waals surface area contributed by atoms with E-state index in [9.17, 15) is 0 Å². The highest BCUT2D eigenvalue weighted by Gasteiger charge is 2.16. The molecule has 2 rings (SSSR count). The van der Waals surface area contributed by atoms with Gasteiger partial charge in [0.1, 0.15) is 5.01 Å². The van der Waals surface area contributed by atoms with Crippen LogP contribution >= 0.6 is 35.3 Å². The molecule has 1 aliphatic rings. The van der Waals surface area contributed by atoms with Gasteiger partial charge in [-0.3, -0.25) is 0 Å². The standard InChI is InChI=1S/C18H33N5S.HI/c1-5-19-18(20-9-6-15-7-10-23(4)11-8-15)21-12-17-22-16(13-24-17)14(2)3;/h13-15H,5-12H2,1-4H3,(H2,19,20,21);1H. The van der Waals surface area contributed by atoms with Gasteiger partial charge in [-0.15, -0.1) is 35.3 Å². The van der Waals surface area contributed by atoms with Crippen molar-refractivity contribution < 1.29 is 0 Å². The first-order valence-electron chi connectivity index (χ1n) is 9.23. The maximum absolute atomic E-state index is 4.69. The summed E-state index contributed by atoms with van der Waals surface area (Å²) in [5, 5.41) is 10.1. The lowest BCUT2D eigenvalue weighted by Crippen LogP contribution is -2.39. The van der Waals surface area contributed by atoms with Crippen molar-refractivity contribution in [2.45, 2.75) is 52.5 Å². The zero-order chi connectivity index (χ0) is 17.4. The van der Waals surface area contributed by atoms with Gasteiger partial charge in [-0.25, -0.2) is 9.98 Å². The first kappa shape index (κ1) is 22.6. The second kappa shape index (κ2) is 12.1. The molecule has 144 valence electrons. The fourth-order valence-electron chi connectivity index (χ4n) is 2.90. The summed E-state index contributed by atoms with van der Waals surface area (Å²) in [5.74, 6) is 2.25. The Balaban J connectivity index is 0.00000312. The first-order chi connectivity index (χ1) is 11.6. The fraction of sp³-hybridized carbons (Fsp3) is 0.778. The van der Waals surface area contributed by atoms with E-state index in [0.29, 0.717) is 12.5 Å². The van der Waals surface area contributed by atoms with Gasteiger partial charge in [-0.2, -0.15) is 0 Å². The average molecular weight is 479 g/mol. The third-order valence-electron chi connectivity index (χ3n) is 4.56. The van der Waals surface area contributed by atoms with E-state index >= 15 is 0 Å². The molecule has 1 aliphatic heterocycles. The Morgan fingerprint density at radius 2 is 2.08 bits per heavy atom. The molecule has 0 bridgehead atoms. The number of aliphatic imine (C=N–C) groups is 1. The van der Waals surface area contributed by atoms with E-state index < -0.39 is 0 Å². The molecule has 1 saturated heterocycles. The predicted molar refractivity (Wildman–Crippen MR) is 119 cm³/mol. The molecule has 0 aromatic carbocycles. The smallest absolute Gasteiger partial charge is 0.191 e.